The van der Waals surface area contributed by atoms with Gasteiger partial charge in [0.15, 0.2) is 11.5 Å². The largest absolute Gasteiger partial charge is 0.454 e. The van der Waals surface area contributed by atoms with Crippen LogP contribution in [0.25, 0.3) is 0 Å². The Hall–Kier alpha value is -3.27. The Morgan fingerprint density at radius 1 is 1.33 bits per heavy atom. The third-order valence-corrected chi connectivity index (χ3v) is 5.25. The molecule has 3 heterocycles. The van der Waals surface area contributed by atoms with Crippen molar-refractivity contribution in [2.45, 2.75) is 18.8 Å². The standard InChI is InChI=1S/C20H25N5O5/c1-28-8-6-21-19(26)15-10-22-24-18(15)13-3-2-7-25(11-13)20(27)23-14-4-5-16-17(9-14)30-12-29-16/h4-5,9-10,13H,2-3,6-8,11-12H2,1H3,(H,21,26)(H,22,24)(H,23,27)/t13-/m1/s1. The lowest BCUT2D eigenvalue weighted by molar-refractivity contribution is 0.0935. The first-order valence-corrected chi connectivity index (χ1v) is 9.91. The highest BCUT2D eigenvalue weighted by Gasteiger charge is 2.29. The molecule has 0 bridgehead atoms. The van der Waals surface area contributed by atoms with Gasteiger partial charge < -0.3 is 29.7 Å². The van der Waals surface area contributed by atoms with Crippen LogP contribution in [0.3, 0.4) is 0 Å². The van der Waals surface area contributed by atoms with E-state index in [1.807, 2.05) is 0 Å². The number of carbonyl (C=O) groups is 2. The van der Waals surface area contributed by atoms with E-state index < -0.39 is 0 Å². The molecule has 160 valence electrons. The SMILES string of the molecule is COCCNC(=O)c1cn[nH]c1[C@@H]1CCCN(C(=O)Nc2ccc3c(c2)OCO3)C1. The molecule has 2 aliphatic heterocycles. The number of anilines is 1. The summed E-state index contributed by atoms with van der Waals surface area (Å²) in [6, 6.07) is 5.11. The van der Waals surface area contributed by atoms with E-state index in [1.54, 1.807) is 30.2 Å². The molecule has 1 atom stereocenters. The van der Waals surface area contributed by atoms with Crippen LogP contribution in [0.1, 0.15) is 34.8 Å². The van der Waals surface area contributed by atoms with Crippen LogP contribution in [-0.4, -0.2) is 67.2 Å². The number of fused-ring (bicyclic) bond motifs is 1. The molecular formula is C20H25N5O5. The number of carbonyl (C=O) groups excluding carboxylic acids is 2. The van der Waals surface area contributed by atoms with Gasteiger partial charge in [-0.05, 0) is 25.0 Å². The number of H-pyrrole nitrogens is 1. The number of hydrogen-bond donors (Lipinski definition) is 3. The average molecular weight is 415 g/mol. The average Bonchev–Trinajstić information content (AvgIpc) is 3.43. The lowest BCUT2D eigenvalue weighted by Crippen LogP contribution is -2.42. The molecule has 3 amide bonds. The Kier molecular flexibility index (Phi) is 6.03. The molecular weight excluding hydrogens is 390 g/mol. The predicted octanol–water partition coefficient (Wildman–Crippen LogP) is 1.93. The highest BCUT2D eigenvalue weighted by molar-refractivity contribution is 5.95. The molecule has 10 nitrogen and oxygen atoms in total. The number of hydrogen-bond acceptors (Lipinski definition) is 6. The summed E-state index contributed by atoms with van der Waals surface area (Å²) in [5, 5.41) is 12.7. The van der Waals surface area contributed by atoms with Crippen LogP contribution < -0.4 is 20.1 Å². The van der Waals surface area contributed by atoms with Gasteiger partial charge in [-0.2, -0.15) is 5.10 Å². The van der Waals surface area contributed by atoms with Gasteiger partial charge in [-0.3, -0.25) is 9.89 Å². The second kappa shape index (κ2) is 9.04. The molecule has 2 aromatic rings. The summed E-state index contributed by atoms with van der Waals surface area (Å²) in [5.74, 6) is 1.09. The number of rotatable bonds is 6. The molecule has 30 heavy (non-hydrogen) atoms. The summed E-state index contributed by atoms with van der Waals surface area (Å²) < 4.78 is 15.6. The van der Waals surface area contributed by atoms with Crippen LogP contribution in [0.4, 0.5) is 10.5 Å². The molecule has 0 aliphatic carbocycles. The van der Waals surface area contributed by atoms with E-state index in [9.17, 15) is 9.59 Å². The lowest BCUT2D eigenvalue weighted by Gasteiger charge is -2.32. The van der Waals surface area contributed by atoms with Crippen LogP contribution in [0, 0.1) is 0 Å². The maximum absolute atomic E-state index is 12.8. The monoisotopic (exact) mass is 415 g/mol. The number of nitrogens with one attached hydrogen (secondary N) is 3. The topological polar surface area (TPSA) is 118 Å². The Labute approximate surface area is 173 Å². The first-order chi connectivity index (χ1) is 14.7. The van der Waals surface area contributed by atoms with Crippen molar-refractivity contribution in [1.29, 1.82) is 0 Å². The molecule has 1 saturated heterocycles. The van der Waals surface area contributed by atoms with Gasteiger partial charge >= 0.3 is 6.03 Å². The minimum absolute atomic E-state index is 0.00642. The van der Waals surface area contributed by atoms with Gasteiger partial charge in [0.25, 0.3) is 5.91 Å². The van der Waals surface area contributed by atoms with Crippen molar-refractivity contribution in [2.75, 3.05) is 45.5 Å². The predicted molar refractivity (Wildman–Crippen MR) is 108 cm³/mol. The normalized spacial score (nSPS) is 17.6. The molecule has 2 aliphatic rings. The Bertz CT molecular complexity index is 915. The fourth-order valence-electron chi connectivity index (χ4n) is 3.72. The molecule has 0 spiro atoms. The molecule has 4 rings (SSSR count). The molecule has 0 saturated carbocycles. The number of piperidine rings is 1. The third kappa shape index (κ3) is 4.33. The van der Waals surface area contributed by atoms with Crippen LogP contribution in [0.5, 0.6) is 11.5 Å². The minimum atomic E-state index is -0.197. The number of benzene rings is 1. The van der Waals surface area contributed by atoms with Gasteiger partial charge in [0.2, 0.25) is 6.79 Å². The Morgan fingerprint density at radius 2 is 2.20 bits per heavy atom. The number of aromatic amines is 1. The van der Waals surface area contributed by atoms with Gasteiger partial charge in [-0.1, -0.05) is 0 Å². The van der Waals surface area contributed by atoms with E-state index >= 15 is 0 Å². The number of ether oxygens (including phenoxy) is 3. The number of likely N-dealkylation sites (tertiary alicyclic amines) is 1. The summed E-state index contributed by atoms with van der Waals surface area (Å²) in [6.45, 7) is 2.20. The summed E-state index contributed by atoms with van der Waals surface area (Å²) in [6.07, 6.45) is 3.24. The zero-order valence-corrected chi connectivity index (χ0v) is 16.8. The summed E-state index contributed by atoms with van der Waals surface area (Å²) in [7, 11) is 1.58. The summed E-state index contributed by atoms with van der Waals surface area (Å²) in [4.78, 5) is 27.0. The maximum Gasteiger partial charge on any atom is 0.321 e. The highest BCUT2D eigenvalue weighted by Crippen LogP contribution is 2.34. The first kappa shape index (κ1) is 20.0. The van der Waals surface area contributed by atoms with Crippen LogP contribution >= 0.6 is 0 Å². The minimum Gasteiger partial charge on any atom is -0.454 e. The van der Waals surface area contributed by atoms with Gasteiger partial charge in [0.05, 0.1) is 24.1 Å². The van der Waals surface area contributed by atoms with Crippen LogP contribution in [0.15, 0.2) is 24.4 Å². The number of aromatic nitrogens is 2. The summed E-state index contributed by atoms with van der Waals surface area (Å²) in [5.41, 5.74) is 1.91. The van der Waals surface area contributed by atoms with E-state index in [-0.39, 0.29) is 24.6 Å². The van der Waals surface area contributed by atoms with E-state index in [0.29, 0.717) is 49.0 Å². The van der Waals surface area contributed by atoms with Crippen molar-refractivity contribution in [3.63, 3.8) is 0 Å². The number of amides is 3. The molecule has 3 N–H and O–H groups in total. The van der Waals surface area contributed by atoms with E-state index in [2.05, 4.69) is 20.8 Å². The molecule has 0 unspecified atom stereocenters. The van der Waals surface area contributed by atoms with Gasteiger partial charge in [-0.25, -0.2) is 4.79 Å². The second-order valence-electron chi connectivity index (χ2n) is 7.23. The fraction of sp³-hybridized carbons (Fsp3) is 0.450. The lowest BCUT2D eigenvalue weighted by atomic mass is 9.92. The van der Waals surface area contributed by atoms with Crippen LogP contribution in [0.2, 0.25) is 0 Å². The smallest absolute Gasteiger partial charge is 0.321 e. The van der Waals surface area contributed by atoms with E-state index in [4.69, 9.17) is 14.2 Å². The van der Waals surface area contributed by atoms with Crippen molar-refractivity contribution in [1.82, 2.24) is 20.4 Å². The molecule has 0 radical (unpaired) electrons. The number of nitrogens with zero attached hydrogens (tertiary/aromatic N) is 2. The first-order valence-electron chi connectivity index (χ1n) is 9.91. The maximum atomic E-state index is 12.8. The van der Waals surface area contributed by atoms with Crippen molar-refractivity contribution < 1.29 is 23.8 Å². The molecule has 1 aromatic heterocycles. The molecule has 10 heteroatoms. The van der Waals surface area contributed by atoms with E-state index in [1.165, 1.54) is 6.20 Å². The van der Waals surface area contributed by atoms with Crippen molar-refractivity contribution in [3.8, 4) is 11.5 Å². The molecule has 1 fully saturated rings. The van der Waals surface area contributed by atoms with Gasteiger partial charge in [0, 0.05) is 44.4 Å². The van der Waals surface area contributed by atoms with Gasteiger partial charge in [0.1, 0.15) is 0 Å². The second-order valence-corrected chi connectivity index (χ2v) is 7.23. The highest BCUT2D eigenvalue weighted by atomic mass is 16.7. The third-order valence-electron chi connectivity index (χ3n) is 5.25. The van der Waals surface area contributed by atoms with Crippen molar-refractivity contribution >= 4 is 17.6 Å². The Balaban J connectivity index is 1.39. The number of methoxy groups -OCH3 is 1. The van der Waals surface area contributed by atoms with Crippen molar-refractivity contribution in [3.05, 3.63) is 35.7 Å². The zero-order valence-electron chi connectivity index (χ0n) is 16.8. The van der Waals surface area contributed by atoms with Gasteiger partial charge in [-0.15, -0.1) is 0 Å². The fourth-order valence-corrected chi connectivity index (χ4v) is 3.72. The zero-order chi connectivity index (χ0) is 20.9. The number of urea groups is 1. The quantitative estimate of drug-likeness (QED) is 0.621. The van der Waals surface area contributed by atoms with E-state index in [0.717, 1.165) is 18.5 Å². The van der Waals surface area contributed by atoms with Crippen LogP contribution in [-0.2, 0) is 4.74 Å². The molecule has 1 aromatic carbocycles. The Morgan fingerprint density at radius 3 is 3.07 bits per heavy atom. The summed E-state index contributed by atoms with van der Waals surface area (Å²) >= 11 is 0. The van der Waals surface area contributed by atoms with Crippen molar-refractivity contribution in [2.24, 2.45) is 0 Å².